The Morgan fingerprint density at radius 2 is 1.92 bits per heavy atom. The molecule has 0 saturated carbocycles. The van der Waals surface area contributed by atoms with Crippen LogP contribution in [-0.4, -0.2) is 30.5 Å². The lowest BCUT2D eigenvalue weighted by molar-refractivity contribution is -0.506. The van der Waals surface area contributed by atoms with Gasteiger partial charge in [-0.15, -0.1) is 0 Å². The standard InChI is InChI=1S/C11H18NO/c1-13-11-6-4-5-10(9-11)12-7-2-3-8-12/h9H,2-8H2,1H3/q+1. The van der Waals surface area contributed by atoms with E-state index in [0.717, 1.165) is 12.2 Å². The van der Waals surface area contributed by atoms with Crippen LogP contribution >= 0.6 is 0 Å². The molecule has 1 saturated heterocycles. The van der Waals surface area contributed by atoms with Gasteiger partial charge in [0.1, 0.15) is 18.8 Å². The highest BCUT2D eigenvalue weighted by Gasteiger charge is 2.21. The second kappa shape index (κ2) is 3.95. The normalized spacial score (nSPS) is 23.3. The molecule has 2 aliphatic rings. The number of ether oxygens (including phenoxy) is 1. The fraction of sp³-hybridized carbons (Fsp3) is 0.727. The van der Waals surface area contributed by atoms with Crippen LogP contribution in [0.4, 0.5) is 0 Å². The Kier molecular flexibility index (Phi) is 2.67. The van der Waals surface area contributed by atoms with E-state index in [1.807, 2.05) is 0 Å². The van der Waals surface area contributed by atoms with E-state index >= 15 is 0 Å². The van der Waals surface area contributed by atoms with Gasteiger partial charge in [-0.2, -0.15) is 0 Å². The maximum absolute atomic E-state index is 5.29. The van der Waals surface area contributed by atoms with Crippen molar-refractivity contribution in [2.45, 2.75) is 32.1 Å². The summed E-state index contributed by atoms with van der Waals surface area (Å²) in [6.07, 6.45) is 8.58. The van der Waals surface area contributed by atoms with Crippen LogP contribution in [0.2, 0.25) is 0 Å². The fourth-order valence-electron chi connectivity index (χ4n) is 2.19. The quantitative estimate of drug-likeness (QED) is 0.562. The van der Waals surface area contributed by atoms with Crippen molar-refractivity contribution >= 4 is 5.71 Å². The lowest BCUT2D eigenvalue weighted by Crippen LogP contribution is -2.19. The van der Waals surface area contributed by atoms with Crippen LogP contribution in [0.25, 0.3) is 0 Å². The Morgan fingerprint density at radius 3 is 2.62 bits per heavy atom. The van der Waals surface area contributed by atoms with E-state index in [1.54, 1.807) is 7.11 Å². The minimum atomic E-state index is 1.12. The first kappa shape index (κ1) is 8.79. The number of hydrogen-bond acceptors (Lipinski definition) is 1. The van der Waals surface area contributed by atoms with Crippen molar-refractivity contribution in [1.82, 2.24) is 0 Å². The fourth-order valence-corrected chi connectivity index (χ4v) is 2.19. The zero-order valence-electron chi connectivity index (χ0n) is 8.38. The first-order chi connectivity index (χ1) is 6.40. The van der Waals surface area contributed by atoms with Gasteiger partial charge >= 0.3 is 0 Å². The molecule has 72 valence electrons. The van der Waals surface area contributed by atoms with Gasteiger partial charge in [-0.3, -0.25) is 0 Å². The third kappa shape index (κ3) is 1.93. The van der Waals surface area contributed by atoms with Crippen LogP contribution in [0.1, 0.15) is 32.1 Å². The van der Waals surface area contributed by atoms with Crippen LogP contribution in [-0.2, 0) is 4.74 Å². The number of methoxy groups -OCH3 is 1. The van der Waals surface area contributed by atoms with E-state index in [9.17, 15) is 0 Å². The summed E-state index contributed by atoms with van der Waals surface area (Å²) < 4.78 is 7.81. The molecule has 1 aliphatic heterocycles. The highest BCUT2D eigenvalue weighted by molar-refractivity contribution is 5.92. The molecule has 1 fully saturated rings. The molecule has 0 spiro atoms. The number of rotatable bonds is 1. The molecule has 0 radical (unpaired) electrons. The minimum absolute atomic E-state index is 1.12. The Hall–Kier alpha value is -0.790. The molecule has 1 aliphatic carbocycles. The van der Waals surface area contributed by atoms with Gasteiger partial charge < -0.3 is 4.74 Å². The van der Waals surface area contributed by atoms with E-state index in [2.05, 4.69) is 10.7 Å². The lowest BCUT2D eigenvalue weighted by Gasteiger charge is -2.11. The van der Waals surface area contributed by atoms with E-state index in [1.165, 1.54) is 44.5 Å². The summed E-state index contributed by atoms with van der Waals surface area (Å²) in [6, 6.07) is 0. The summed E-state index contributed by atoms with van der Waals surface area (Å²) in [4.78, 5) is 0. The molecule has 0 aromatic rings. The summed E-state index contributed by atoms with van der Waals surface area (Å²) in [5.74, 6) is 1.16. The van der Waals surface area contributed by atoms with Crippen LogP contribution in [0.5, 0.6) is 0 Å². The summed E-state index contributed by atoms with van der Waals surface area (Å²) in [5.41, 5.74) is 1.50. The molecule has 0 unspecified atom stereocenters. The van der Waals surface area contributed by atoms with Crippen LogP contribution in [0.15, 0.2) is 11.8 Å². The van der Waals surface area contributed by atoms with Gasteiger partial charge in [0, 0.05) is 31.8 Å². The average molecular weight is 180 g/mol. The maximum Gasteiger partial charge on any atom is 0.179 e. The zero-order chi connectivity index (χ0) is 9.10. The average Bonchev–Trinajstić information content (AvgIpc) is 2.71. The largest absolute Gasteiger partial charge is 0.501 e. The molecular formula is C11H18NO+. The van der Waals surface area contributed by atoms with Gasteiger partial charge in [-0.1, -0.05) is 0 Å². The molecule has 0 aromatic heterocycles. The predicted octanol–water partition coefficient (Wildman–Crippen LogP) is 1.95. The monoisotopic (exact) mass is 180 g/mol. The smallest absolute Gasteiger partial charge is 0.179 e. The predicted molar refractivity (Wildman–Crippen MR) is 53.2 cm³/mol. The third-order valence-electron chi connectivity index (χ3n) is 2.96. The Morgan fingerprint density at radius 1 is 1.15 bits per heavy atom. The summed E-state index contributed by atoms with van der Waals surface area (Å²) in [6.45, 7) is 2.51. The van der Waals surface area contributed by atoms with Crippen LogP contribution < -0.4 is 0 Å². The summed E-state index contributed by atoms with van der Waals surface area (Å²) >= 11 is 0. The van der Waals surface area contributed by atoms with Crippen LogP contribution in [0.3, 0.4) is 0 Å². The molecule has 13 heavy (non-hydrogen) atoms. The van der Waals surface area contributed by atoms with Crippen molar-refractivity contribution in [1.29, 1.82) is 0 Å². The Bertz CT molecular complexity index is 245. The molecule has 2 heteroatoms. The van der Waals surface area contributed by atoms with Crippen molar-refractivity contribution in [2.75, 3.05) is 20.2 Å². The van der Waals surface area contributed by atoms with Crippen molar-refractivity contribution in [3.8, 4) is 0 Å². The van der Waals surface area contributed by atoms with E-state index in [-0.39, 0.29) is 0 Å². The molecule has 1 heterocycles. The Balaban J connectivity index is 2.18. The van der Waals surface area contributed by atoms with Crippen molar-refractivity contribution in [3.63, 3.8) is 0 Å². The van der Waals surface area contributed by atoms with Gasteiger partial charge in [0.2, 0.25) is 0 Å². The van der Waals surface area contributed by atoms with Gasteiger partial charge in [0.25, 0.3) is 0 Å². The van der Waals surface area contributed by atoms with Gasteiger partial charge in [0.05, 0.1) is 7.11 Å². The highest BCUT2D eigenvalue weighted by atomic mass is 16.5. The van der Waals surface area contributed by atoms with E-state index < -0.39 is 0 Å². The second-order valence-electron chi connectivity index (χ2n) is 3.85. The van der Waals surface area contributed by atoms with Gasteiger partial charge in [-0.05, 0) is 6.42 Å². The number of allylic oxidation sites excluding steroid dienone is 2. The van der Waals surface area contributed by atoms with Crippen LogP contribution in [0, 0.1) is 0 Å². The molecule has 0 amide bonds. The molecule has 2 nitrogen and oxygen atoms in total. The topological polar surface area (TPSA) is 12.2 Å². The molecule has 0 N–H and O–H groups in total. The van der Waals surface area contributed by atoms with E-state index in [0.29, 0.717) is 0 Å². The SMILES string of the molecule is COC1=CC(=[N+]2CCCC2)CCC1. The second-order valence-corrected chi connectivity index (χ2v) is 3.85. The highest BCUT2D eigenvalue weighted by Crippen LogP contribution is 2.17. The van der Waals surface area contributed by atoms with Crippen molar-refractivity contribution < 1.29 is 9.31 Å². The molecule has 0 bridgehead atoms. The summed E-state index contributed by atoms with van der Waals surface area (Å²) in [7, 11) is 1.78. The first-order valence-corrected chi connectivity index (χ1v) is 5.25. The van der Waals surface area contributed by atoms with E-state index in [4.69, 9.17) is 4.74 Å². The molecule has 0 atom stereocenters. The molecule has 0 aromatic carbocycles. The summed E-state index contributed by atoms with van der Waals surface area (Å²) in [5, 5.41) is 0. The first-order valence-electron chi connectivity index (χ1n) is 5.25. The lowest BCUT2D eigenvalue weighted by atomic mass is 10.0. The van der Waals surface area contributed by atoms with Gasteiger partial charge in [0.15, 0.2) is 5.71 Å². The molecular weight excluding hydrogens is 162 g/mol. The van der Waals surface area contributed by atoms with Crippen molar-refractivity contribution in [2.24, 2.45) is 0 Å². The zero-order valence-corrected chi connectivity index (χ0v) is 8.38. The number of hydrogen-bond donors (Lipinski definition) is 0. The minimum Gasteiger partial charge on any atom is -0.501 e. The number of nitrogens with zero attached hydrogens (tertiary/aromatic N) is 1. The molecule has 2 rings (SSSR count). The maximum atomic E-state index is 5.29. The van der Waals surface area contributed by atoms with Crippen molar-refractivity contribution in [3.05, 3.63) is 11.8 Å². The third-order valence-corrected chi connectivity index (χ3v) is 2.96. The Labute approximate surface area is 79.9 Å². The van der Waals surface area contributed by atoms with Gasteiger partial charge in [-0.25, -0.2) is 4.58 Å².